The molecule has 1 atom stereocenters. The Morgan fingerprint density at radius 2 is 2.00 bits per heavy atom. The first-order valence-corrected chi connectivity index (χ1v) is 5.67. The van der Waals surface area contributed by atoms with Gasteiger partial charge < -0.3 is 4.74 Å². The maximum Gasteiger partial charge on any atom is 0.100 e. The molecule has 82 valence electrons. The molecule has 1 unspecified atom stereocenters. The fraction of sp³-hybridized carbons (Fsp3) is 0.429. The van der Waals surface area contributed by atoms with Gasteiger partial charge in [-0.3, -0.25) is 0 Å². The summed E-state index contributed by atoms with van der Waals surface area (Å²) in [4.78, 5) is 0. The van der Waals surface area contributed by atoms with Crippen molar-refractivity contribution in [2.75, 3.05) is 6.61 Å². The standard InChI is InChI=1S/C14H20O/c1-3-5-9-12-15-14(4-2)13-10-7-6-8-11-13/h4,6-8,10-11,14H,2-3,5,9,12H2,1H3. The molecule has 0 radical (unpaired) electrons. The van der Waals surface area contributed by atoms with Gasteiger partial charge in [0.1, 0.15) is 6.10 Å². The van der Waals surface area contributed by atoms with Crippen LogP contribution in [-0.2, 0) is 4.74 Å². The second-order valence-corrected chi connectivity index (χ2v) is 3.64. The quantitative estimate of drug-likeness (QED) is 0.479. The van der Waals surface area contributed by atoms with Gasteiger partial charge in [-0.25, -0.2) is 0 Å². The normalized spacial score (nSPS) is 12.3. The molecule has 0 aliphatic rings. The molecule has 0 aliphatic carbocycles. The van der Waals surface area contributed by atoms with E-state index >= 15 is 0 Å². The summed E-state index contributed by atoms with van der Waals surface area (Å²) in [6.07, 6.45) is 5.50. The summed E-state index contributed by atoms with van der Waals surface area (Å²) in [7, 11) is 0. The van der Waals surface area contributed by atoms with Gasteiger partial charge >= 0.3 is 0 Å². The van der Waals surface area contributed by atoms with Gasteiger partial charge in [-0.15, -0.1) is 6.58 Å². The van der Waals surface area contributed by atoms with E-state index in [1.54, 1.807) is 0 Å². The van der Waals surface area contributed by atoms with Gasteiger partial charge in [0.15, 0.2) is 0 Å². The Balaban J connectivity index is 2.39. The number of ether oxygens (including phenoxy) is 1. The third-order valence-electron chi connectivity index (χ3n) is 2.39. The highest BCUT2D eigenvalue weighted by Gasteiger charge is 2.05. The van der Waals surface area contributed by atoms with E-state index in [2.05, 4.69) is 25.6 Å². The molecule has 1 nitrogen and oxygen atoms in total. The lowest BCUT2D eigenvalue weighted by molar-refractivity contribution is 0.0824. The van der Waals surface area contributed by atoms with Crippen LogP contribution in [0.3, 0.4) is 0 Å². The Hall–Kier alpha value is -1.08. The van der Waals surface area contributed by atoms with Gasteiger partial charge in [0.2, 0.25) is 0 Å². The summed E-state index contributed by atoms with van der Waals surface area (Å²) in [5.41, 5.74) is 1.18. The maximum absolute atomic E-state index is 5.76. The summed E-state index contributed by atoms with van der Waals surface area (Å²) in [6, 6.07) is 10.2. The van der Waals surface area contributed by atoms with Gasteiger partial charge in [-0.05, 0) is 12.0 Å². The first-order chi connectivity index (χ1) is 7.38. The van der Waals surface area contributed by atoms with Gasteiger partial charge in [-0.1, -0.05) is 56.2 Å². The molecule has 1 heteroatoms. The third-order valence-corrected chi connectivity index (χ3v) is 2.39. The summed E-state index contributed by atoms with van der Waals surface area (Å²) in [5.74, 6) is 0. The van der Waals surface area contributed by atoms with E-state index in [0.717, 1.165) is 13.0 Å². The SMILES string of the molecule is C=CC(OCCCCC)c1ccccc1. The Bertz CT molecular complexity index is 266. The first-order valence-electron chi connectivity index (χ1n) is 5.67. The van der Waals surface area contributed by atoms with Crippen LogP contribution in [0.15, 0.2) is 43.0 Å². The summed E-state index contributed by atoms with van der Waals surface area (Å²) in [5, 5.41) is 0. The molecule has 0 amide bonds. The summed E-state index contributed by atoms with van der Waals surface area (Å²) in [6.45, 7) is 6.83. The molecule has 1 aromatic carbocycles. The van der Waals surface area contributed by atoms with Crippen LogP contribution in [0.2, 0.25) is 0 Å². The van der Waals surface area contributed by atoms with Crippen molar-refractivity contribution in [2.24, 2.45) is 0 Å². The van der Waals surface area contributed by atoms with Crippen LogP contribution >= 0.6 is 0 Å². The smallest absolute Gasteiger partial charge is 0.100 e. The monoisotopic (exact) mass is 204 g/mol. The Morgan fingerprint density at radius 3 is 2.60 bits per heavy atom. The van der Waals surface area contributed by atoms with E-state index in [9.17, 15) is 0 Å². The second-order valence-electron chi connectivity index (χ2n) is 3.64. The van der Waals surface area contributed by atoms with Crippen LogP contribution in [0.4, 0.5) is 0 Å². The van der Waals surface area contributed by atoms with Crippen LogP contribution in [0.5, 0.6) is 0 Å². The molecule has 0 N–H and O–H groups in total. The van der Waals surface area contributed by atoms with Crippen LogP contribution in [0.25, 0.3) is 0 Å². The second kappa shape index (κ2) is 7.24. The van der Waals surface area contributed by atoms with Crippen molar-refractivity contribution in [1.29, 1.82) is 0 Å². The Labute approximate surface area is 92.8 Å². The van der Waals surface area contributed by atoms with Crippen molar-refractivity contribution < 1.29 is 4.74 Å². The number of benzene rings is 1. The minimum absolute atomic E-state index is 0.0445. The lowest BCUT2D eigenvalue weighted by atomic mass is 10.1. The highest BCUT2D eigenvalue weighted by molar-refractivity contribution is 5.20. The number of unbranched alkanes of at least 4 members (excludes halogenated alkanes) is 2. The molecule has 0 aliphatic heterocycles. The van der Waals surface area contributed by atoms with E-state index < -0.39 is 0 Å². The number of rotatable bonds is 7. The maximum atomic E-state index is 5.76. The molecule has 0 saturated heterocycles. The minimum Gasteiger partial charge on any atom is -0.369 e. The molecule has 0 heterocycles. The van der Waals surface area contributed by atoms with E-state index in [0.29, 0.717) is 0 Å². The average Bonchev–Trinajstić information content (AvgIpc) is 2.30. The number of hydrogen-bond acceptors (Lipinski definition) is 1. The van der Waals surface area contributed by atoms with Crippen molar-refractivity contribution in [2.45, 2.75) is 32.3 Å². The predicted octanol–water partition coefficient (Wildman–Crippen LogP) is 4.12. The predicted molar refractivity (Wildman–Crippen MR) is 64.9 cm³/mol. The van der Waals surface area contributed by atoms with Gasteiger partial charge in [0, 0.05) is 6.61 Å². The lowest BCUT2D eigenvalue weighted by Crippen LogP contribution is -2.02. The van der Waals surface area contributed by atoms with Crippen molar-refractivity contribution in [3.05, 3.63) is 48.6 Å². The van der Waals surface area contributed by atoms with E-state index in [4.69, 9.17) is 4.74 Å². The zero-order chi connectivity index (χ0) is 10.9. The molecule has 1 aromatic rings. The van der Waals surface area contributed by atoms with E-state index in [-0.39, 0.29) is 6.10 Å². The third kappa shape index (κ3) is 4.30. The van der Waals surface area contributed by atoms with Crippen LogP contribution in [0, 0.1) is 0 Å². The molecule has 0 aromatic heterocycles. The van der Waals surface area contributed by atoms with Crippen LogP contribution in [-0.4, -0.2) is 6.61 Å². The fourth-order valence-corrected chi connectivity index (χ4v) is 1.51. The van der Waals surface area contributed by atoms with Crippen molar-refractivity contribution in [3.63, 3.8) is 0 Å². The van der Waals surface area contributed by atoms with Gasteiger partial charge in [0.25, 0.3) is 0 Å². The van der Waals surface area contributed by atoms with E-state index in [1.807, 2.05) is 24.3 Å². The van der Waals surface area contributed by atoms with Crippen molar-refractivity contribution >= 4 is 0 Å². The number of hydrogen-bond donors (Lipinski definition) is 0. The Kier molecular flexibility index (Phi) is 5.79. The molecule has 0 bridgehead atoms. The van der Waals surface area contributed by atoms with Gasteiger partial charge in [-0.2, -0.15) is 0 Å². The largest absolute Gasteiger partial charge is 0.369 e. The molecule has 0 saturated carbocycles. The first kappa shape index (κ1) is 12.0. The lowest BCUT2D eigenvalue weighted by Gasteiger charge is -2.13. The highest BCUT2D eigenvalue weighted by Crippen LogP contribution is 2.18. The van der Waals surface area contributed by atoms with E-state index in [1.165, 1.54) is 18.4 Å². The molecular formula is C14H20O. The zero-order valence-corrected chi connectivity index (χ0v) is 9.49. The minimum atomic E-state index is 0.0445. The molecule has 15 heavy (non-hydrogen) atoms. The summed E-state index contributed by atoms with van der Waals surface area (Å²) < 4.78 is 5.76. The van der Waals surface area contributed by atoms with Crippen molar-refractivity contribution in [1.82, 2.24) is 0 Å². The molecular weight excluding hydrogens is 184 g/mol. The molecule has 1 rings (SSSR count). The zero-order valence-electron chi connectivity index (χ0n) is 9.49. The fourth-order valence-electron chi connectivity index (χ4n) is 1.51. The molecule has 0 fully saturated rings. The highest BCUT2D eigenvalue weighted by atomic mass is 16.5. The van der Waals surface area contributed by atoms with Gasteiger partial charge in [0.05, 0.1) is 0 Å². The topological polar surface area (TPSA) is 9.23 Å². The van der Waals surface area contributed by atoms with Crippen LogP contribution in [0.1, 0.15) is 37.9 Å². The average molecular weight is 204 g/mol. The van der Waals surface area contributed by atoms with Crippen LogP contribution < -0.4 is 0 Å². The summed E-state index contributed by atoms with van der Waals surface area (Å²) >= 11 is 0. The molecule has 0 spiro atoms. The Morgan fingerprint density at radius 1 is 1.27 bits per heavy atom. The van der Waals surface area contributed by atoms with Crippen molar-refractivity contribution in [3.8, 4) is 0 Å².